The molecule has 0 spiro atoms. The van der Waals surface area contributed by atoms with Crippen LogP contribution in [-0.4, -0.2) is 25.0 Å². The lowest BCUT2D eigenvalue weighted by atomic mass is 9.92. The second kappa shape index (κ2) is 6.19. The number of ketones is 1. The SMILES string of the molecule is COc1cccc(OC)c1C(=O)C(C)c1ccncc1. The highest BCUT2D eigenvalue weighted by Crippen LogP contribution is 2.33. The zero-order valence-corrected chi connectivity index (χ0v) is 11.8. The van der Waals surface area contributed by atoms with Crippen molar-refractivity contribution in [3.63, 3.8) is 0 Å². The minimum Gasteiger partial charge on any atom is -0.496 e. The van der Waals surface area contributed by atoms with Gasteiger partial charge in [-0.25, -0.2) is 0 Å². The first-order chi connectivity index (χ1) is 9.69. The fraction of sp³-hybridized carbons (Fsp3) is 0.250. The van der Waals surface area contributed by atoms with Crippen molar-refractivity contribution in [2.24, 2.45) is 0 Å². The van der Waals surface area contributed by atoms with E-state index in [1.54, 1.807) is 44.8 Å². The van der Waals surface area contributed by atoms with Gasteiger partial charge in [0.2, 0.25) is 0 Å². The van der Waals surface area contributed by atoms with Gasteiger partial charge < -0.3 is 9.47 Å². The normalized spacial score (nSPS) is 11.8. The number of nitrogens with zero attached hydrogens (tertiary/aromatic N) is 1. The largest absolute Gasteiger partial charge is 0.496 e. The van der Waals surface area contributed by atoms with Crippen LogP contribution in [-0.2, 0) is 0 Å². The summed E-state index contributed by atoms with van der Waals surface area (Å²) in [6.07, 6.45) is 3.36. The molecule has 4 heteroatoms. The quantitative estimate of drug-likeness (QED) is 0.784. The smallest absolute Gasteiger partial charge is 0.177 e. The standard InChI is InChI=1S/C16H17NO3/c1-11(12-7-9-17-10-8-12)16(18)15-13(19-2)5-4-6-14(15)20-3/h4-11H,1-3H3. The van der Waals surface area contributed by atoms with Gasteiger partial charge in [0.15, 0.2) is 5.78 Å². The van der Waals surface area contributed by atoms with E-state index in [1.807, 2.05) is 19.1 Å². The van der Waals surface area contributed by atoms with Gasteiger partial charge in [-0.05, 0) is 29.8 Å². The lowest BCUT2D eigenvalue weighted by Gasteiger charge is -2.16. The summed E-state index contributed by atoms with van der Waals surface area (Å²) in [6.45, 7) is 1.86. The molecule has 1 atom stereocenters. The number of methoxy groups -OCH3 is 2. The van der Waals surface area contributed by atoms with Crippen LogP contribution >= 0.6 is 0 Å². The number of Topliss-reactive ketones (excluding diaryl/α,β-unsaturated/α-hetero) is 1. The van der Waals surface area contributed by atoms with Crippen molar-refractivity contribution in [1.29, 1.82) is 0 Å². The maximum absolute atomic E-state index is 12.7. The number of carbonyl (C=O) groups excluding carboxylic acids is 1. The number of carbonyl (C=O) groups is 1. The topological polar surface area (TPSA) is 48.4 Å². The van der Waals surface area contributed by atoms with Crippen LogP contribution in [0.5, 0.6) is 11.5 Å². The second-order valence-electron chi connectivity index (χ2n) is 4.40. The van der Waals surface area contributed by atoms with E-state index in [0.717, 1.165) is 5.56 Å². The Morgan fingerprint density at radius 1 is 1.05 bits per heavy atom. The minimum atomic E-state index is -0.289. The molecule has 20 heavy (non-hydrogen) atoms. The monoisotopic (exact) mass is 271 g/mol. The van der Waals surface area contributed by atoms with Gasteiger partial charge in [-0.3, -0.25) is 9.78 Å². The molecule has 104 valence electrons. The number of aromatic nitrogens is 1. The summed E-state index contributed by atoms with van der Waals surface area (Å²) >= 11 is 0. The molecule has 0 bridgehead atoms. The van der Waals surface area contributed by atoms with Crippen molar-refractivity contribution in [1.82, 2.24) is 4.98 Å². The van der Waals surface area contributed by atoms with E-state index in [1.165, 1.54) is 0 Å². The predicted octanol–water partition coefficient (Wildman–Crippen LogP) is 3.09. The zero-order chi connectivity index (χ0) is 14.5. The highest BCUT2D eigenvalue weighted by Gasteiger charge is 2.24. The first-order valence-corrected chi connectivity index (χ1v) is 6.34. The van der Waals surface area contributed by atoms with E-state index in [-0.39, 0.29) is 11.7 Å². The van der Waals surface area contributed by atoms with Crippen molar-refractivity contribution in [2.75, 3.05) is 14.2 Å². The zero-order valence-electron chi connectivity index (χ0n) is 11.8. The Kier molecular flexibility index (Phi) is 4.35. The van der Waals surface area contributed by atoms with E-state index < -0.39 is 0 Å². The van der Waals surface area contributed by atoms with Crippen LogP contribution in [0.25, 0.3) is 0 Å². The highest BCUT2D eigenvalue weighted by atomic mass is 16.5. The first kappa shape index (κ1) is 14.1. The first-order valence-electron chi connectivity index (χ1n) is 6.34. The molecule has 2 aromatic rings. The Labute approximate surface area is 118 Å². The molecule has 0 amide bonds. The number of benzene rings is 1. The number of pyridine rings is 1. The number of rotatable bonds is 5. The number of hydrogen-bond acceptors (Lipinski definition) is 4. The lowest BCUT2D eigenvalue weighted by Crippen LogP contribution is -2.12. The van der Waals surface area contributed by atoms with Gasteiger partial charge in [0, 0.05) is 18.3 Å². The summed E-state index contributed by atoms with van der Waals surface area (Å²) in [4.78, 5) is 16.7. The highest BCUT2D eigenvalue weighted by molar-refractivity contribution is 6.05. The molecule has 1 aromatic heterocycles. The molecule has 1 aromatic carbocycles. The molecular weight excluding hydrogens is 254 g/mol. The summed E-state index contributed by atoms with van der Waals surface area (Å²) in [7, 11) is 3.09. The Hall–Kier alpha value is -2.36. The van der Waals surface area contributed by atoms with E-state index >= 15 is 0 Å². The van der Waals surface area contributed by atoms with Gasteiger partial charge in [0.1, 0.15) is 17.1 Å². The van der Waals surface area contributed by atoms with Crippen LogP contribution in [0, 0.1) is 0 Å². The second-order valence-corrected chi connectivity index (χ2v) is 4.40. The Balaban J connectivity index is 2.43. The van der Waals surface area contributed by atoms with Crippen LogP contribution in [0.4, 0.5) is 0 Å². The third kappa shape index (κ3) is 2.64. The van der Waals surface area contributed by atoms with Crippen LogP contribution in [0.15, 0.2) is 42.7 Å². The van der Waals surface area contributed by atoms with Crippen molar-refractivity contribution >= 4 is 5.78 Å². The third-order valence-corrected chi connectivity index (χ3v) is 3.27. The van der Waals surface area contributed by atoms with Gasteiger partial charge in [0.05, 0.1) is 14.2 Å². The number of hydrogen-bond donors (Lipinski definition) is 0. The van der Waals surface area contributed by atoms with Crippen LogP contribution < -0.4 is 9.47 Å². The van der Waals surface area contributed by atoms with Crippen molar-refractivity contribution in [3.8, 4) is 11.5 Å². The molecule has 0 fully saturated rings. The Morgan fingerprint density at radius 3 is 2.10 bits per heavy atom. The molecular formula is C16H17NO3. The molecule has 4 nitrogen and oxygen atoms in total. The fourth-order valence-electron chi connectivity index (χ4n) is 2.11. The van der Waals surface area contributed by atoms with E-state index in [9.17, 15) is 4.79 Å². The van der Waals surface area contributed by atoms with Crippen molar-refractivity contribution in [3.05, 3.63) is 53.9 Å². The van der Waals surface area contributed by atoms with Crippen molar-refractivity contribution in [2.45, 2.75) is 12.8 Å². The van der Waals surface area contributed by atoms with Crippen molar-refractivity contribution < 1.29 is 14.3 Å². The van der Waals surface area contributed by atoms with Crippen LogP contribution in [0.2, 0.25) is 0 Å². The summed E-state index contributed by atoms with van der Waals surface area (Å²) < 4.78 is 10.6. The van der Waals surface area contributed by atoms with Crippen LogP contribution in [0.3, 0.4) is 0 Å². The molecule has 0 aliphatic heterocycles. The van der Waals surface area contributed by atoms with Gasteiger partial charge in [-0.15, -0.1) is 0 Å². The fourth-order valence-corrected chi connectivity index (χ4v) is 2.11. The average molecular weight is 271 g/mol. The maximum atomic E-state index is 12.7. The minimum absolute atomic E-state index is 0.0366. The predicted molar refractivity (Wildman–Crippen MR) is 76.5 cm³/mol. The van der Waals surface area contributed by atoms with Gasteiger partial charge in [-0.1, -0.05) is 13.0 Å². The molecule has 0 aliphatic rings. The number of ether oxygens (including phenoxy) is 2. The Bertz CT molecular complexity index is 574. The summed E-state index contributed by atoms with van der Waals surface area (Å²) in [5, 5.41) is 0. The maximum Gasteiger partial charge on any atom is 0.177 e. The van der Waals surface area contributed by atoms with E-state index in [4.69, 9.17) is 9.47 Å². The molecule has 0 aliphatic carbocycles. The third-order valence-electron chi connectivity index (χ3n) is 3.27. The Morgan fingerprint density at radius 2 is 1.60 bits per heavy atom. The van der Waals surface area contributed by atoms with Gasteiger partial charge in [-0.2, -0.15) is 0 Å². The average Bonchev–Trinajstić information content (AvgIpc) is 2.53. The van der Waals surface area contributed by atoms with Crippen LogP contribution in [0.1, 0.15) is 28.8 Å². The molecule has 1 heterocycles. The lowest BCUT2D eigenvalue weighted by molar-refractivity contribution is 0.0960. The molecule has 0 saturated heterocycles. The summed E-state index contributed by atoms with van der Waals surface area (Å²) in [5.41, 5.74) is 1.39. The van der Waals surface area contributed by atoms with Gasteiger partial charge in [0.25, 0.3) is 0 Å². The molecule has 0 N–H and O–H groups in total. The molecule has 1 unspecified atom stereocenters. The molecule has 2 rings (SSSR count). The molecule has 0 saturated carbocycles. The summed E-state index contributed by atoms with van der Waals surface area (Å²) in [6, 6.07) is 8.99. The van der Waals surface area contributed by atoms with Gasteiger partial charge >= 0.3 is 0 Å². The van der Waals surface area contributed by atoms with E-state index in [0.29, 0.717) is 17.1 Å². The summed E-state index contributed by atoms with van der Waals surface area (Å²) in [5.74, 6) is 0.721. The molecule has 0 radical (unpaired) electrons. The van der Waals surface area contributed by atoms with E-state index in [2.05, 4.69) is 4.98 Å².